The van der Waals surface area contributed by atoms with Crippen LogP contribution in [-0.2, 0) is 11.2 Å². The van der Waals surface area contributed by atoms with E-state index in [1.807, 2.05) is 28.8 Å². The number of fused-ring (bicyclic) bond motifs is 1. The fraction of sp³-hybridized carbons (Fsp3) is 0.188. The second-order valence-corrected chi connectivity index (χ2v) is 5.01. The molecule has 24 heavy (non-hydrogen) atoms. The van der Waals surface area contributed by atoms with Crippen molar-refractivity contribution in [3.63, 3.8) is 0 Å². The van der Waals surface area contributed by atoms with Gasteiger partial charge in [0.15, 0.2) is 23.8 Å². The number of aromatic nitrogens is 3. The summed E-state index contributed by atoms with van der Waals surface area (Å²) in [5.41, 5.74) is 0.731. The predicted molar refractivity (Wildman–Crippen MR) is 81.6 cm³/mol. The van der Waals surface area contributed by atoms with Gasteiger partial charge < -0.3 is 10.1 Å². The van der Waals surface area contributed by atoms with Crippen LogP contribution in [0, 0.1) is 11.6 Å². The molecule has 1 N–H and O–H groups in total. The third kappa shape index (κ3) is 3.65. The zero-order valence-corrected chi connectivity index (χ0v) is 12.6. The Morgan fingerprint density at radius 2 is 2.08 bits per heavy atom. The van der Waals surface area contributed by atoms with E-state index in [2.05, 4.69) is 15.5 Å². The van der Waals surface area contributed by atoms with Crippen LogP contribution in [0.25, 0.3) is 5.65 Å². The molecule has 0 fully saturated rings. The topological polar surface area (TPSA) is 68.5 Å². The third-order valence-electron chi connectivity index (χ3n) is 3.31. The summed E-state index contributed by atoms with van der Waals surface area (Å²) in [6, 6.07) is 8.46. The van der Waals surface area contributed by atoms with Gasteiger partial charge in [-0.15, -0.1) is 10.2 Å². The Balaban J connectivity index is 1.47. The number of hydrogen-bond acceptors (Lipinski definition) is 4. The number of rotatable bonds is 6. The normalized spacial score (nSPS) is 10.8. The van der Waals surface area contributed by atoms with Crippen LogP contribution >= 0.6 is 0 Å². The molecule has 0 aliphatic heterocycles. The fourth-order valence-corrected chi connectivity index (χ4v) is 2.16. The van der Waals surface area contributed by atoms with E-state index in [0.717, 1.165) is 23.6 Å². The molecule has 2 aromatic heterocycles. The quantitative estimate of drug-likeness (QED) is 0.747. The van der Waals surface area contributed by atoms with Crippen LogP contribution in [0.4, 0.5) is 8.78 Å². The molecule has 2 heterocycles. The van der Waals surface area contributed by atoms with Crippen molar-refractivity contribution in [2.75, 3.05) is 13.2 Å². The van der Waals surface area contributed by atoms with E-state index in [1.54, 1.807) is 0 Å². The molecule has 0 spiro atoms. The van der Waals surface area contributed by atoms with Gasteiger partial charge in [-0.05, 0) is 24.3 Å². The van der Waals surface area contributed by atoms with Crippen LogP contribution in [0.15, 0.2) is 42.6 Å². The van der Waals surface area contributed by atoms with Crippen LogP contribution in [0.1, 0.15) is 5.82 Å². The first kappa shape index (κ1) is 15.9. The summed E-state index contributed by atoms with van der Waals surface area (Å²) in [5.74, 6) is -1.42. The summed E-state index contributed by atoms with van der Waals surface area (Å²) in [4.78, 5) is 11.7. The standard InChI is InChI=1S/C16H14F2N4O2/c17-11-4-5-13(12(18)9-11)24-10-16(23)19-7-6-15-21-20-14-3-1-2-8-22(14)15/h1-5,8-9H,6-7,10H2,(H,19,23). The maximum Gasteiger partial charge on any atom is 0.257 e. The van der Waals surface area contributed by atoms with Gasteiger partial charge in [-0.1, -0.05) is 6.07 Å². The highest BCUT2D eigenvalue weighted by atomic mass is 19.1. The first-order valence-corrected chi connectivity index (χ1v) is 7.26. The lowest BCUT2D eigenvalue weighted by Crippen LogP contribution is -2.31. The van der Waals surface area contributed by atoms with E-state index in [9.17, 15) is 13.6 Å². The number of nitrogens with one attached hydrogen (secondary N) is 1. The molecule has 0 saturated carbocycles. The number of nitrogens with zero attached hydrogens (tertiary/aromatic N) is 3. The van der Waals surface area contributed by atoms with E-state index in [1.165, 1.54) is 0 Å². The molecule has 0 saturated heterocycles. The minimum absolute atomic E-state index is 0.171. The smallest absolute Gasteiger partial charge is 0.257 e. The SMILES string of the molecule is O=C(COc1ccc(F)cc1F)NCCc1nnc2ccccn12. The molecule has 1 amide bonds. The number of amides is 1. The largest absolute Gasteiger partial charge is 0.481 e. The van der Waals surface area contributed by atoms with Gasteiger partial charge in [0.2, 0.25) is 0 Å². The highest BCUT2D eigenvalue weighted by Crippen LogP contribution is 2.17. The maximum absolute atomic E-state index is 13.4. The molecule has 124 valence electrons. The number of pyridine rings is 1. The van der Waals surface area contributed by atoms with Gasteiger partial charge in [0.25, 0.3) is 5.91 Å². The van der Waals surface area contributed by atoms with Crippen molar-refractivity contribution in [2.45, 2.75) is 6.42 Å². The molecule has 8 heteroatoms. The molecule has 6 nitrogen and oxygen atoms in total. The predicted octanol–water partition coefficient (Wildman–Crippen LogP) is 1.75. The summed E-state index contributed by atoms with van der Waals surface area (Å²) in [6.45, 7) is -0.0209. The number of carbonyl (C=O) groups is 1. The van der Waals surface area contributed by atoms with E-state index in [4.69, 9.17) is 4.74 Å². The van der Waals surface area contributed by atoms with Crippen molar-refractivity contribution in [3.05, 3.63) is 60.1 Å². The van der Waals surface area contributed by atoms with Crippen molar-refractivity contribution in [1.82, 2.24) is 19.9 Å². The summed E-state index contributed by atoms with van der Waals surface area (Å²) in [7, 11) is 0. The summed E-state index contributed by atoms with van der Waals surface area (Å²) < 4.78 is 33.0. The molecule has 3 aromatic rings. The highest BCUT2D eigenvalue weighted by molar-refractivity contribution is 5.77. The van der Waals surface area contributed by atoms with E-state index < -0.39 is 17.5 Å². The van der Waals surface area contributed by atoms with E-state index in [-0.39, 0.29) is 12.4 Å². The summed E-state index contributed by atoms with van der Waals surface area (Å²) >= 11 is 0. The van der Waals surface area contributed by atoms with Gasteiger partial charge in [0, 0.05) is 25.2 Å². The van der Waals surface area contributed by atoms with Crippen molar-refractivity contribution < 1.29 is 18.3 Å². The number of halogens is 2. The molecule has 3 rings (SSSR count). The molecule has 0 radical (unpaired) electrons. The van der Waals surface area contributed by atoms with Gasteiger partial charge >= 0.3 is 0 Å². The van der Waals surface area contributed by atoms with Crippen molar-refractivity contribution in [2.24, 2.45) is 0 Å². The number of carbonyl (C=O) groups excluding carboxylic acids is 1. The number of ether oxygens (including phenoxy) is 1. The molecular weight excluding hydrogens is 318 g/mol. The van der Waals surface area contributed by atoms with Gasteiger partial charge in [0.05, 0.1) is 0 Å². The van der Waals surface area contributed by atoms with Crippen molar-refractivity contribution in [3.8, 4) is 5.75 Å². The van der Waals surface area contributed by atoms with E-state index >= 15 is 0 Å². The zero-order chi connectivity index (χ0) is 16.9. The monoisotopic (exact) mass is 332 g/mol. The fourth-order valence-electron chi connectivity index (χ4n) is 2.16. The lowest BCUT2D eigenvalue weighted by Gasteiger charge is -2.08. The molecule has 0 atom stereocenters. The Morgan fingerprint density at radius 3 is 2.92 bits per heavy atom. The van der Waals surface area contributed by atoms with Crippen LogP contribution in [0.2, 0.25) is 0 Å². The second kappa shape index (κ2) is 7.03. The minimum atomic E-state index is -0.849. The zero-order valence-electron chi connectivity index (χ0n) is 12.6. The lowest BCUT2D eigenvalue weighted by molar-refractivity contribution is -0.123. The van der Waals surface area contributed by atoms with Crippen molar-refractivity contribution in [1.29, 1.82) is 0 Å². The van der Waals surface area contributed by atoms with Crippen LogP contribution in [0.3, 0.4) is 0 Å². The summed E-state index contributed by atoms with van der Waals surface area (Å²) in [5, 5.41) is 10.7. The average molecular weight is 332 g/mol. The average Bonchev–Trinajstić information content (AvgIpc) is 2.97. The minimum Gasteiger partial charge on any atom is -0.481 e. The van der Waals surface area contributed by atoms with Crippen LogP contribution < -0.4 is 10.1 Å². The highest BCUT2D eigenvalue weighted by Gasteiger charge is 2.09. The van der Waals surface area contributed by atoms with Gasteiger partial charge in [-0.3, -0.25) is 9.20 Å². The number of benzene rings is 1. The third-order valence-corrected chi connectivity index (χ3v) is 3.31. The van der Waals surface area contributed by atoms with Gasteiger partial charge in [-0.2, -0.15) is 0 Å². The molecule has 0 unspecified atom stereocenters. The summed E-state index contributed by atoms with van der Waals surface area (Å²) in [6.07, 6.45) is 2.33. The van der Waals surface area contributed by atoms with Crippen molar-refractivity contribution >= 4 is 11.6 Å². The van der Waals surface area contributed by atoms with Crippen LogP contribution in [-0.4, -0.2) is 33.7 Å². The molecule has 0 bridgehead atoms. The number of hydrogen-bond donors (Lipinski definition) is 1. The Kier molecular flexibility index (Phi) is 4.64. The Labute approximate surface area is 136 Å². The lowest BCUT2D eigenvalue weighted by atomic mass is 10.3. The van der Waals surface area contributed by atoms with Crippen LogP contribution in [0.5, 0.6) is 5.75 Å². The molecule has 1 aromatic carbocycles. The van der Waals surface area contributed by atoms with E-state index in [0.29, 0.717) is 19.0 Å². The van der Waals surface area contributed by atoms with Gasteiger partial charge in [0.1, 0.15) is 11.6 Å². The first-order valence-electron chi connectivity index (χ1n) is 7.26. The molecule has 0 aliphatic carbocycles. The Hall–Kier alpha value is -3.03. The molecular formula is C16H14F2N4O2. The molecule has 0 aliphatic rings. The maximum atomic E-state index is 13.4. The Morgan fingerprint density at radius 1 is 1.21 bits per heavy atom. The Bertz CT molecular complexity index is 866. The second-order valence-electron chi connectivity index (χ2n) is 5.01. The van der Waals surface area contributed by atoms with Gasteiger partial charge in [-0.25, -0.2) is 8.78 Å². The first-order chi connectivity index (χ1) is 11.6.